The zero-order chi connectivity index (χ0) is 46.4. The van der Waals surface area contributed by atoms with Crippen molar-refractivity contribution in [2.45, 2.75) is 114 Å². The normalized spacial score (nSPS) is 23.7. The summed E-state index contributed by atoms with van der Waals surface area (Å²) in [4.78, 5) is 41.5. The number of fused-ring (bicyclic) bond motifs is 1. The van der Waals surface area contributed by atoms with Crippen LogP contribution in [0.1, 0.15) is 113 Å². The maximum absolute atomic E-state index is 14.0. The van der Waals surface area contributed by atoms with Crippen LogP contribution in [0.4, 0.5) is 17.2 Å². The standard InChI is InChI=1S/C49H60N8O8S/c1-31(2)39-7-5-6-8-40(39)43-30-64-32(3)29-56(43)36-24-49(25-36)16-19-55(20-17-49)35-9-10-41(44(22-35)65-37-21-34-13-18-50-45(34)52-27-37)47(58)54-66(62,63)38-23-42(57(60)61)46(53-28-38)51-26-33-11-14-48(4,59)15-12-33/h5-10,13,18,21-23,27-28,31-33,36,43,59H,11-12,14-17,19-20,24-26,29-30H2,1-4H3,(H,50,52)(H,51,53)(H,54,58)/t32?,33?,43-,48?/m1/s1. The Balaban J connectivity index is 0.901. The highest BCUT2D eigenvalue weighted by Crippen LogP contribution is 2.53. The number of aliphatic hydroxyl groups is 1. The van der Waals surface area contributed by atoms with E-state index in [-0.39, 0.29) is 40.6 Å². The number of ether oxygens (including phenoxy) is 2. The molecule has 2 saturated heterocycles. The highest BCUT2D eigenvalue weighted by molar-refractivity contribution is 7.90. The van der Waals surface area contributed by atoms with Crippen molar-refractivity contribution >= 4 is 44.2 Å². The molecular formula is C49H60N8O8S. The maximum atomic E-state index is 14.0. The van der Waals surface area contributed by atoms with Crippen LogP contribution in [0.25, 0.3) is 11.0 Å². The first-order valence-corrected chi connectivity index (χ1v) is 24.7. The van der Waals surface area contributed by atoms with Gasteiger partial charge in [-0.05, 0) is 118 Å². The Morgan fingerprint density at radius 1 is 1.05 bits per heavy atom. The monoisotopic (exact) mass is 920 g/mol. The van der Waals surface area contributed by atoms with Crippen LogP contribution in [0.5, 0.6) is 11.5 Å². The molecule has 4 N–H and O–H groups in total. The smallest absolute Gasteiger partial charge is 0.312 e. The minimum absolute atomic E-state index is 0.0488. The molecule has 5 heterocycles. The summed E-state index contributed by atoms with van der Waals surface area (Å²) in [5.41, 5.74) is 3.18. The zero-order valence-electron chi connectivity index (χ0n) is 38.0. The molecule has 1 unspecified atom stereocenters. The summed E-state index contributed by atoms with van der Waals surface area (Å²) in [6.07, 6.45) is 11.5. The number of sulfonamides is 1. The number of anilines is 2. The first-order valence-electron chi connectivity index (χ1n) is 23.2. The van der Waals surface area contributed by atoms with E-state index in [9.17, 15) is 28.4 Å². The predicted octanol–water partition coefficient (Wildman–Crippen LogP) is 8.46. The Bertz CT molecular complexity index is 2700. The Morgan fingerprint density at radius 3 is 2.55 bits per heavy atom. The van der Waals surface area contributed by atoms with Gasteiger partial charge in [0.25, 0.3) is 15.9 Å². The first kappa shape index (κ1) is 45.5. The number of amides is 1. The van der Waals surface area contributed by atoms with Gasteiger partial charge in [0.15, 0.2) is 0 Å². The van der Waals surface area contributed by atoms with Gasteiger partial charge in [-0.3, -0.25) is 19.8 Å². The molecule has 66 heavy (non-hydrogen) atoms. The van der Waals surface area contributed by atoms with Crippen molar-refractivity contribution in [3.05, 3.63) is 106 Å². The highest BCUT2D eigenvalue weighted by atomic mass is 32.2. The third-order valence-corrected chi connectivity index (χ3v) is 15.8. The van der Waals surface area contributed by atoms with E-state index in [4.69, 9.17) is 9.47 Å². The molecule has 0 radical (unpaired) electrons. The molecule has 2 atom stereocenters. The molecule has 3 aromatic heterocycles. The summed E-state index contributed by atoms with van der Waals surface area (Å²) in [5.74, 6) is 0.0125. The maximum Gasteiger partial charge on any atom is 0.312 e. The van der Waals surface area contributed by atoms with E-state index in [0.717, 1.165) is 81.5 Å². The summed E-state index contributed by atoms with van der Waals surface area (Å²) in [6.45, 7) is 12.1. The number of nitrogens with zero attached hydrogens (tertiary/aromatic N) is 5. The average Bonchev–Trinajstić information content (AvgIpc) is 3.76. The number of hydrogen-bond acceptors (Lipinski definition) is 13. The van der Waals surface area contributed by atoms with Crippen molar-refractivity contribution in [3.8, 4) is 11.5 Å². The zero-order valence-corrected chi connectivity index (χ0v) is 38.9. The van der Waals surface area contributed by atoms with Crippen LogP contribution in [0.2, 0.25) is 0 Å². The van der Waals surface area contributed by atoms with E-state index in [0.29, 0.717) is 49.3 Å². The molecule has 2 aliphatic carbocycles. The molecule has 17 heteroatoms. The van der Waals surface area contributed by atoms with E-state index in [1.165, 1.54) is 17.3 Å². The van der Waals surface area contributed by atoms with Gasteiger partial charge >= 0.3 is 5.69 Å². The number of carbonyl (C=O) groups excluding carboxylic acids is 1. The molecular weight excluding hydrogens is 861 g/mol. The van der Waals surface area contributed by atoms with Crippen molar-refractivity contribution in [1.29, 1.82) is 0 Å². The van der Waals surface area contributed by atoms with Crippen LogP contribution in [0.3, 0.4) is 0 Å². The van der Waals surface area contributed by atoms with Gasteiger partial charge in [0.2, 0.25) is 5.82 Å². The quantitative estimate of drug-likeness (QED) is 0.0647. The van der Waals surface area contributed by atoms with Gasteiger partial charge in [0, 0.05) is 61.6 Å². The second-order valence-corrected chi connectivity index (χ2v) is 21.3. The molecule has 2 aromatic carbocycles. The third kappa shape index (κ3) is 9.62. The molecule has 4 fully saturated rings. The lowest BCUT2D eigenvalue weighted by atomic mass is 9.59. The lowest BCUT2D eigenvalue weighted by Crippen LogP contribution is -2.59. The number of H-pyrrole nitrogens is 1. The molecule has 1 amide bonds. The molecule has 2 saturated carbocycles. The number of nitrogens with one attached hydrogen (secondary N) is 3. The Kier molecular flexibility index (Phi) is 12.6. The van der Waals surface area contributed by atoms with Crippen LogP contribution < -0.4 is 19.7 Å². The lowest BCUT2D eigenvalue weighted by molar-refractivity contribution is -0.384. The van der Waals surface area contributed by atoms with E-state index < -0.39 is 37.0 Å². The first-order chi connectivity index (χ1) is 31.6. The molecule has 16 nitrogen and oxygen atoms in total. The molecule has 4 aliphatic rings. The fourth-order valence-electron chi connectivity index (χ4n) is 10.6. The minimum Gasteiger partial charge on any atom is -0.455 e. The number of carbonyl (C=O) groups is 1. The number of rotatable bonds is 13. The van der Waals surface area contributed by atoms with Gasteiger partial charge in [-0.1, -0.05) is 38.1 Å². The van der Waals surface area contributed by atoms with E-state index in [1.54, 1.807) is 37.4 Å². The highest BCUT2D eigenvalue weighted by Gasteiger charge is 2.50. The largest absolute Gasteiger partial charge is 0.455 e. The number of nitro groups is 1. The van der Waals surface area contributed by atoms with Crippen LogP contribution in [-0.2, 0) is 14.8 Å². The van der Waals surface area contributed by atoms with Crippen molar-refractivity contribution in [2.75, 3.05) is 43.0 Å². The molecule has 1 spiro atoms. The lowest BCUT2D eigenvalue weighted by Gasteiger charge is -2.58. The number of benzene rings is 2. The molecule has 5 aromatic rings. The van der Waals surface area contributed by atoms with Crippen molar-refractivity contribution < 1.29 is 32.7 Å². The van der Waals surface area contributed by atoms with Gasteiger partial charge in [0.1, 0.15) is 22.0 Å². The molecule has 350 valence electrons. The number of aromatic nitrogens is 3. The van der Waals surface area contributed by atoms with Gasteiger partial charge in [0.05, 0.1) is 47.2 Å². The van der Waals surface area contributed by atoms with E-state index in [1.807, 2.05) is 6.07 Å². The van der Waals surface area contributed by atoms with Gasteiger partial charge < -0.3 is 29.8 Å². The van der Waals surface area contributed by atoms with Crippen LogP contribution in [0, 0.1) is 21.4 Å². The number of aromatic amines is 1. The van der Waals surface area contributed by atoms with E-state index >= 15 is 0 Å². The van der Waals surface area contributed by atoms with Crippen LogP contribution >= 0.6 is 0 Å². The molecule has 2 aliphatic heterocycles. The molecule has 0 bridgehead atoms. The second kappa shape index (κ2) is 18.2. The summed E-state index contributed by atoms with van der Waals surface area (Å²) < 4.78 is 42.1. The van der Waals surface area contributed by atoms with Crippen molar-refractivity contribution in [3.63, 3.8) is 0 Å². The fraction of sp³-hybridized carbons (Fsp3) is 0.490. The predicted molar refractivity (Wildman–Crippen MR) is 252 cm³/mol. The Morgan fingerprint density at radius 2 is 1.80 bits per heavy atom. The minimum atomic E-state index is -4.64. The van der Waals surface area contributed by atoms with Gasteiger partial charge in [-0.25, -0.2) is 23.1 Å². The summed E-state index contributed by atoms with van der Waals surface area (Å²) in [5, 5.41) is 26.2. The Hall–Kier alpha value is -5.62. The van der Waals surface area contributed by atoms with Gasteiger partial charge in [-0.2, -0.15) is 0 Å². The third-order valence-electron chi connectivity index (χ3n) is 14.5. The number of pyridine rings is 2. The van der Waals surface area contributed by atoms with Crippen LogP contribution in [-0.4, -0.2) is 94.7 Å². The fourth-order valence-corrected chi connectivity index (χ4v) is 11.5. The number of morpholine rings is 1. The Labute approximate surface area is 385 Å². The van der Waals surface area contributed by atoms with Crippen molar-refractivity contribution in [2.24, 2.45) is 11.3 Å². The van der Waals surface area contributed by atoms with Crippen LogP contribution in [0.15, 0.2) is 84.1 Å². The van der Waals surface area contributed by atoms with Crippen molar-refractivity contribution in [1.82, 2.24) is 24.6 Å². The second-order valence-electron chi connectivity index (χ2n) is 19.6. The van der Waals surface area contributed by atoms with E-state index in [2.05, 4.69) is 79.8 Å². The SMILES string of the molecule is CC1CN(C2CC3(CCN(c4ccc(C(=O)NS(=O)(=O)c5cnc(NCC6CCC(C)(O)CC6)c([N+](=O)[O-])c5)c(Oc5cnc6[nH]ccc6c5)c4)CC3)C2)[C@@H](c2ccccc2C(C)C)CO1. The topological polar surface area (TPSA) is 205 Å². The number of piperidine rings is 1. The summed E-state index contributed by atoms with van der Waals surface area (Å²) >= 11 is 0. The average molecular weight is 921 g/mol. The number of hydrogen-bond donors (Lipinski definition) is 4. The summed E-state index contributed by atoms with van der Waals surface area (Å²) in [6, 6.07) is 19.1. The molecule has 9 rings (SSSR count). The van der Waals surface area contributed by atoms with Gasteiger partial charge in [-0.15, -0.1) is 0 Å². The summed E-state index contributed by atoms with van der Waals surface area (Å²) in [7, 11) is -4.64.